The van der Waals surface area contributed by atoms with E-state index in [2.05, 4.69) is 12.1 Å². The predicted octanol–water partition coefficient (Wildman–Crippen LogP) is 3.97. The number of carbonyl (C=O) groups is 1. The zero-order valence-corrected chi connectivity index (χ0v) is 16.1. The van der Waals surface area contributed by atoms with Crippen molar-refractivity contribution in [2.75, 3.05) is 19.7 Å². The van der Waals surface area contributed by atoms with Crippen molar-refractivity contribution in [2.45, 2.75) is 56.5 Å². The van der Waals surface area contributed by atoms with Crippen LogP contribution in [-0.2, 0) is 10.2 Å². The minimum Gasteiger partial charge on any atom is -0.446 e. The van der Waals surface area contributed by atoms with E-state index in [-0.39, 0.29) is 24.2 Å². The predicted molar refractivity (Wildman–Crippen MR) is 103 cm³/mol. The van der Waals surface area contributed by atoms with Crippen LogP contribution in [0.3, 0.4) is 0 Å². The van der Waals surface area contributed by atoms with E-state index in [4.69, 9.17) is 4.74 Å². The minimum absolute atomic E-state index is 0.118. The first-order valence-corrected chi connectivity index (χ1v) is 10.8. The van der Waals surface area contributed by atoms with Gasteiger partial charge in [-0.25, -0.2) is 4.79 Å². The summed E-state index contributed by atoms with van der Waals surface area (Å²) in [4.78, 5) is 14.7. The van der Waals surface area contributed by atoms with Crippen molar-refractivity contribution in [2.24, 2.45) is 23.7 Å². The highest BCUT2D eigenvalue weighted by Gasteiger charge is 2.50. The third-order valence-electron chi connectivity index (χ3n) is 8.04. The minimum atomic E-state index is -0.222. The number of amides is 1. The molecule has 5 fully saturated rings. The summed E-state index contributed by atoms with van der Waals surface area (Å²) in [6.45, 7) is 1.47. The van der Waals surface area contributed by atoms with Crippen molar-refractivity contribution >= 4 is 6.09 Å². The fourth-order valence-corrected chi connectivity index (χ4v) is 6.71. The summed E-state index contributed by atoms with van der Waals surface area (Å²) in [5.41, 5.74) is 0.960. The molecule has 4 heteroatoms. The zero-order valence-electron chi connectivity index (χ0n) is 16.1. The second kappa shape index (κ2) is 6.80. The van der Waals surface area contributed by atoms with Gasteiger partial charge in [0, 0.05) is 18.5 Å². The van der Waals surface area contributed by atoms with Crippen molar-refractivity contribution in [1.29, 1.82) is 0 Å². The van der Waals surface area contributed by atoms with Gasteiger partial charge in [-0.3, -0.25) is 0 Å². The van der Waals surface area contributed by atoms with Crippen molar-refractivity contribution < 1.29 is 14.6 Å². The molecule has 4 aliphatic carbocycles. The Bertz CT molecular complexity index is 652. The van der Waals surface area contributed by atoms with Crippen LogP contribution in [0.2, 0.25) is 0 Å². The lowest BCUT2D eigenvalue weighted by Gasteiger charge is -2.53. The summed E-state index contributed by atoms with van der Waals surface area (Å²) in [6, 6.07) is 10.3. The van der Waals surface area contributed by atoms with Crippen molar-refractivity contribution in [1.82, 2.24) is 4.90 Å². The summed E-state index contributed by atoms with van der Waals surface area (Å²) in [6.07, 6.45) is 8.13. The number of nitrogens with zero attached hydrogens (tertiary/aromatic N) is 1. The molecule has 4 nitrogen and oxygen atoms in total. The van der Waals surface area contributed by atoms with Crippen LogP contribution in [0, 0.1) is 23.7 Å². The molecule has 1 saturated heterocycles. The van der Waals surface area contributed by atoms with E-state index in [0.717, 1.165) is 24.7 Å². The van der Waals surface area contributed by atoms with Crippen LogP contribution < -0.4 is 0 Å². The molecule has 0 radical (unpaired) electrons. The topological polar surface area (TPSA) is 49.8 Å². The standard InChI is InChI=1S/C23H31NO3/c25-15-23(20-4-2-1-3-5-20)6-8-24(9-7-23)22(26)27-21-18-11-16-10-17(13-18)14-19(21)12-16/h1-5,16-19,21,25H,6-15H2. The highest BCUT2D eigenvalue weighted by atomic mass is 16.6. The van der Waals surface area contributed by atoms with Crippen molar-refractivity contribution in [3.8, 4) is 0 Å². The fraction of sp³-hybridized carbons (Fsp3) is 0.696. The van der Waals surface area contributed by atoms with Crippen LogP contribution >= 0.6 is 0 Å². The van der Waals surface area contributed by atoms with Gasteiger partial charge in [-0.2, -0.15) is 0 Å². The van der Waals surface area contributed by atoms with Gasteiger partial charge < -0.3 is 14.7 Å². The van der Waals surface area contributed by atoms with Gasteiger partial charge in [0.05, 0.1) is 6.61 Å². The zero-order chi connectivity index (χ0) is 18.4. The van der Waals surface area contributed by atoms with Crippen LogP contribution in [0.15, 0.2) is 30.3 Å². The number of hydrogen-bond acceptors (Lipinski definition) is 3. The molecule has 1 aromatic carbocycles. The largest absolute Gasteiger partial charge is 0.446 e. The third kappa shape index (κ3) is 3.06. The first-order chi connectivity index (χ1) is 13.2. The molecule has 146 valence electrons. The molecule has 0 spiro atoms. The molecular weight excluding hydrogens is 338 g/mol. The number of likely N-dealkylation sites (tertiary alicyclic amines) is 1. The number of carbonyl (C=O) groups excluding carboxylic acids is 1. The number of benzene rings is 1. The maximum absolute atomic E-state index is 12.9. The molecule has 1 aromatic rings. The highest BCUT2D eigenvalue weighted by Crippen LogP contribution is 2.54. The molecular formula is C23H31NO3. The van der Waals surface area contributed by atoms with Gasteiger partial charge >= 0.3 is 6.09 Å². The van der Waals surface area contributed by atoms with E-state index in [0.29, 0.717) is 24.9 Å². The van der Waals surface area contributed by atoms with Gasteiger partial charge in [-0.15, -0.1) is 0 Å². The Morgan fingerprint density at radius 2 is 1.59 bits per heavy atom. The molecule has 0 aromatic heterocycles. The van der Waals surface area contributed by atoms with Gasteiger partial charge in [-0.05, 0) is 74.2 Å². The maximum Gasteiger partial charge on any atom is 0.410 e. The second-order valence-electron chi connectivity index (χ2n) is 9.57. The van der Waals surface area contributed by atoms with E-state index in [9.17, 15) is 9.90 Å². The maximum atomic E-state index is 12.9. The molecule has 1 N–H and O–H groups in total. The van der Waals surface area contributed by atoms with Crippen LogP contribution in [0.25, 0.3) is 0 Å². The summed E-state index contributed by atoms with van der Waals surface area (Å²) in [5, 5.41) is 10.1. The average molecular weight is 370 g/mol. The molecule has 6 rings (SSSR count). The normalized spacial score (nSPS) is 36.6. The van der Waals surface area contributed by atoms with E-state index < -0.39 is 0 Å². The smallest absolute Gasteiger partial charge is 0.410 e. The Kier molecular flexibility index (Phi) is 4.42. The first kappa shape index (κ1) is 17.5. The molecule has 4 saturated carbocycles. The van der Waals surface area contributed by atoms with Gasteiger partial charge in [0.15, 0.2) is 0 Å². The van der Waals surface area contributed by atoms with E-state index in [1.807, 2.05) is 23.1 Å². The Morgan fingerprint density at radius 1 is 1.00 bits per heavy atom. The van der Waals surface area contributed by atoms with Crippen LogP contribution in [0.1, 0.15) is 50.5 Å². The number of piperidine rings is 1. The number of ether oxygens (including phenoxy) is 1. The quantitative estimate of drug-likeness (QED) is 0.877. The highest BCUT2D eigenvalue weighted by molar-refractivity contribution is 5.68. The van der Waals surface area contributed by atoms with E-state index in [1.54, 1.807) is 0 Å². The van der Waals surface area contributed by atoms with Gasteiger partial charge in [0.2, 0.25) is 0 Å². The average Bonchev–Trinajstić information content (AvgIpc) is 2.71. The van der Waals surface area contributed by atoms with Crippen molar-refractivity contribution in [3.63, 3.8) is 0 Å². The van der Waals surface area contributed by atoms with Gasteiger partial charge in [0.25, 0.3) is 0 Å². The third-order valence-corrected chi connectivity index (χ3v) is 8.04. The first-order valence-electron chi connectivity index (χ1n) is 10.8. The molecule has 27 heavy (non-hydrogen) atoms. The Morgan fingerprint density at radius 3 is 2.15 bits per heavy atom. The van der Waals surface area contributed by atoms with E-state index >= 15 is 0 Å². The molecule has 0 atom stereocenters. The van der Waals surface area contributed by atoms with E-state index in [1.165, 1.54) is 37.7 Å². The number of hydrogen-bond donors (Lipinski definition) is 1. The summed E-state index contributed by atoms with van der Waals surface area (Å²) >= 11 is 0. The number of rotatable bonds is 3. The summed E-state index contributed by atoms with van der Waals surface area (Å²) in [7, 11) is 0. The van der Waals surface area contributed by atoms with Gasteiger partial charge in [0.1, 0.15) is 6.10 Å². The molecule has 1 heterocycles. The SMILES string of the molecule is O=C(OC1C2CC3CC(C2)CC1C3)N1CCC(CO)(c2ccccc2)CC1. The Labute approximate surface area is 161 Å². The number of aliphatic hydroxyl groups is 1. The lowest BCUT2D eigenvalue weighted by molar-refractivity contribution is -0.104. The Hall–Kier alpha value is -1.55. The molecule has 5 aliphatic rings. The van der Waals surface area contributed by atoms with Crippen LogP contribution in [-0.4, -0.2) is 41.9 Å². The number of aliphatic hydroxyl groups excluding tert-OH is 1. The van der Waals surface area contributed by atoms with Crippen LogP contribution in [0.5, 0.6) is 0 Å². The fourth-order valence-electron chi connectivity index (χ4n) is 6.71. The molecule has 4 bridgehead atoms. The molecule has 0 unspecified atom stereocenters. The van der Waals surface area contributed by atoms with Crippen LogP contribution in [0.4, 0.5) is 4.79 Å². The summed E-state index contributed by atoms with van der Waals surface area (Å²) < 4.78 is 6.10. The molecule has 1 amide bonds. The van der Waals surface area contributed by atoms with Crippen molar-refractivity contribution in [3.05, 3.63) is 35.9 Å². The molecule has 1 aliphatic heterocycles. The monoisotopic (exact) mass is 369 g/mol. The lowest BCUT2D eigenvalue weighted by atomic mass is 9.55. The second-order valence-corrected chi connectivity index (χ2v) is 9.57. The van der Waals surface area contributed by atoms with Gasteiger partial charge in [-0.1, -0.05) is 30.3 Å². The summed E-state index contributed by atoms with van der Waals surface area (Å²) in [5.74, 6) is 3.01. The Balaban J connectivity index is 1.22. The lowest BCUT2D eigenvalue weighted by Crippen LogP contribution is -2.53.